The summed E-state index contributed by atoms with van der Waals surface area (Å²) in [7, 11) is 0. The van der Waals surface area contributed by atoms with E-state index in [-0.39, 0.29) is 13.0 Å². The maximum Gasteiger partial charge on any atom is 0.338 e. The summed E-state index contributed by atoms with van der Waals surface area (Å²) in [6.07, 6.45) is -0.221. The topological polar surface area (TPSA) is 79.2 Å². The van der Waals surface area contributed by atoms with E-state index in [0.29, 0.717) is 16.3 Å². The molecule has 2 aromatic carbocycles. The van der Waals surface area contributed by atoms with Crippen LogP contribution in [0, 0.1) is 11.3 Å². The van der Waals surface area contributed by atoms with Crippen molar-refractivity contribution in [3.8, 4) is 6.07 Å². The Hall–Kier alpha value is -2.84. The zero-order valence-electron chi connectivity index (χ0n) is 12.1. The van der Waals surface area contributed by atoms with Crippen LogP contribution in [0.5, 0.6) is 0 Å². The average Bonchev–Trinajstić information content (AvgIpc) is 2.55. The predicted octanol–water partition coefficient (Wildman–Crippen LogP) is 3.55. The molecule has 0 heterocycles. The van der Waals surface area contributed by atoms with Crippen LogP contribution in [-0.2, 0) is 16.1 Å². The van der Waals surface area contributed by atoms with E-state index in [2.05, 4.69) is 5.32 Å². The summed E-state index contributed by atoms with van der Waals surface area (Å²) in [5.74, 6) is -0.888. The van der Waals surface area contributed by atoms with E-state index in [1.54, 1.807) is 36.4 Å². The summed E-state index contributed by atoms with van der Waals surface area (Å²) in [4.78, 5) is 23.3. The third-order valence-corrected chi connectivity index (χ3v) is 3.33. The first-order valence-corrected chi connectivity index (χ1v) is 7.15. The van der Waals surface area contributed by atoms with E-state index in [4.69, 9.17) is 21.6 Å². The maximum absolute atomic E-state index is 12.0. The quantitative estimate of drug-likeness (QED) is 0.851. The number of nitrogens with zero attached hydrogens (tertiary/aromatic N) is 1. The van der Waals surface area contributed by atoms with Gasteiger partial charge in [0, 0.05) is 16.3 Å². The number of anilines is 1. The van der Waals surface area contributed by atoms with Crippen molar-refractivity contribution in [3.05, 3.63) is 64.7 Å². The first-order chi connectivity index (χ1) is 11.1. The van der Waals surface area contributed by atoms with Gasteiger partial charge in [-0.05, 0) is 30.3 Å². The Morgan fingerprint density at radius 1 is 1.13 bits per heavy atom. The molecule has 116 valence electrons. The van der Waals surface area contributed by atoms with Crippen molar-refractivity contribution in [2.75, 3.05) is 5.32 Å². The molecule has 0 radical (unpaired) electrons. The number of amides is 1. The molecule has 1 amide bonds. The Bertz CT molecular complexity index is 751. The lowest BCUT2D eigenvalue weighted by Gasteiger charge is -2.07. The maximum atomic E-state index is 12.0. The number of halogens is 1. The Kier molecular flexibility index (Phi) is 5.73. The smallest absolute Gasteiger partial charge is 0.338 e. The summed E-state index contributed by atoms with van der Waals surface area (Å²) in [6, 6.07) is 15.1. The Morgan fingerprint density at radius 2 is 1.83 bits per heavy atom. The highest BCUT2D eigenvalue weighted by Crippen LogP contribution is 2.17. The van der Waals surface area contributed by atoms with E-state index in [1.165, 1.54) is 12.1 Å². The van der Waals surface area contributed by atoms with Gasteiger partial charge in [0.25, 0.3) is 0 Å². The zero-order chi connectivity index (χ0) is 16.7. The van der Waals surface area contributed by atoms with E-state index in [0.717, 1.165) is 5.56 Å². The minimum Gasteiger partial charge on any atom is -0.457 e. The van der Waals surface area contributed by atoms with Crippen LogP contribution in [0.4, 0.5) is 5.69 Å². The summed E-state index contributed by atoms with van der Waals surface area (Å²) < 4.78 is 5.20. The fourth-order valence-corrected chi connectivity index (χ4v) is 2.00. The largest absolute Gasteiger partial charge is 0.457 e. The second-order valence-corrected chi connectivity index (χ2v) is 5.04. The molecular formula is C17H13ClN2O3. The standard InChI is InChI=1S/C17H13ClN2O3/c18-15-4-2-1-3-13(15)11-23-17(22)12-5-7-14(8-6-12)20-16(21)9-10-19/h1-8H,9,11H2,(H,20,21). The van der Waals surface area contributed by atoms with Gasteiger partial charge in [-0.15, -0.1) is 0 Å². The van der Waals surface area contributed by atoms with Gasteiger partial charge in [0.1, 0.15) is 13.0 Å². The van der Waals surface area contributed by atoms with Crippen molar-refractivity contribution in [3.63, 3.8) is 0 Å². The second-order valence-electron chi connectivity index (χ2n) is 4.63. The number of esters is 1. The van der Waals surface area contributed by atoms with Crippen molar-refractivity contribution < 1.29 is 14.3 Å². The predicted molar refractivity (Wildman–Crippen MR) is 85.9 cm³/mol. The molecule has 6 heteroatoms. The van der Waals surface area contributed by atoms with Crippen molar-refractivity contribution in [2.24, 2.45) is 0 Å². The molecule has 0 fully saturated rings. The van der Waals surface area contributed by atoms with E-state index >= 15 is 0 Å². The number of carbonyl (C=O) groups excluding carboxylic acids is 2. The van der Waals surface area contributed by atoms with Crippen molar-refractivity contribution in [2.45, 2.75) is 13.0 Å². The lowest BCUT2D eigenvalue weighted by Crippen LogP contribution is -2.10. The lowest BCUT2D eigenvalue weighted by atomic mass is 10.2. The molecule has 2 rings (SSSR count). The minimum atomic E-state index is -0.486. The van der Waals surface area contributed by atoms with Crippen LogP contribution < -0.4 is 5.32 Å². The first kappa shape index (κ1) is 16.5. The Morgan fingerprint density at radius 3 is 2.48 bits per heavy atom. The first-order valence-electron chi connectivity index (χ1n) is 6.77. The molecule has 0 aliphatic heterocycles. The van der Waals surface area contributed by atoms with Crippen molar-refractivity contribution in [1.29, 1.82) is 5.26 Å². The fraction of sp³-hybridized carbons (Fsp3) is 0.118. The SMILES string of the molecule is N#CCC(=O)Nc1ccc(C(=O)OCc2ccccc2Cl)cc1. The second kappa shape index (κ2) is 7.97. The Labute approximate surface area is 138 Å². The Balaban J connectivity index is 1.94. The molecule has 0 saturated heterocycles. The number of hydrogen-bond acceptors (Lipinski definition) is 4. The molecule has 0 unspecified atom stereocenters. The molecule has 0 bridgehead atoms. The molecule has 23 heavy (non-hydrogen) atoms. The number of rotatable bonds is 5. The summed E-state index contributed by atoms with van der Waals surface area (Å²) in [5.41, 5.74) is 1.59. The van der Waals surface area contributed by atoms with Gasteiger partial charge in [-0.3, -0.25) is 4.79 Å². The summed E-state index contributed by atoms with van der Waals surface area (Å²) in [5, 5.41) is 11.5. The van der Waals surface area contributed by atoms with Crippen LogP contribution in [0.1, 0.15) is 22.3 Å². The summed E-state index contributed by atoms with van der Waals surface area (Å²) >= 11 is 5.99. The van der Waals surface area contributed by atoms with Gasteiger partial charge < -0.3 is 10.1 Å². The summed E-state index contributed by atoms with van der Waals surface area (Å²) in [6.45, 7) is 0.0825. The molecular weight excluding hydrogens is 316 g/mol. The monoisotopic (exact) mass is 328 g/mol. The molecule has 0 atom stereocenters. The highest BCUT2D eigenvalue weighted by Gasteiger charge is 2.09. The van der Waals surface area contributed by atoms with Crippen molar-refractivity contribution >= 4 is 29.2 Å². The molecule has 0 aliphatic carbocycles. The van der Waals surface area contributed by atoms with Gasteiger partial charge in [-0.2, -0.15) is 5.26 Å². The van der Waals surface area contributed by atoms with E-state index in [1.807, 2.05) is 6.07 Å². The molecule has 0 aliphatic rings. The van der Waals surface area contributed by atoms with E-state index in [9.17, 15) is 9.59 Å². The van der Waals surface area contributed by atoms with Crippen LogP contribution in [0.25, 0.3) is 0 Å². The van der Waals surface area contributed by atoms with Gasteiger partial charge in [0.15, 0.2) is 0 Å². The minimum absolute atomic E-state index is 0.0825. The zero-order valence-corrected chi connectivity index (χ0v) is 12.8. The molecule has 1 N–H and O–H groups in total. The van der Waals surface area contributed by atoms with Crippen LogP contribution in [0.2, 0.25) is 5.02 Å². The number of nitriles is 1. The van der Waals surface area contributed by atoms with Crippen molar-refractivity contribution in [1.82, 2.24) is 0 Å². The van der Waals surface area contributed by atoms with Crippen LogP contribution in [-0.4, -0.2) is 11.9 Å². The van der Waals surface area contributed by atoms with Gasteiger partial charge in [0.2, 0.25) is 5.91 Å². The molecule has 2 aromatic rings. The molecule has 0 spiro atoms. The van der Waals surface area contributed by atoms with Crippen LogP contribution in [0.15, 0.2) is 48.5 Å². The molecule has 5 nitrogen and oxygen atoms in total. The number of ether oxygens (including phenoxy) is 1. The highest BCUT2D eigenvalue weighted by atomic mass is 35.5. The number of hydrogen-bond donors (Lipinski definition) is 1. The van der Waals surface area contributed by atoms with Gasteiger partial charge in [0.05, 0.1) is 11.6 Å². The third kappa shape index (κ3) is 4.83. The van der Waals surface area contributed by atoms with Crippen LogP contribution in [0.3, 0.4) is 0 Å². The number of carbonyl (C=O) groups is 2. The number of nitrogens with one attached hydrogen (secondary N) is 1. The van der Waals surface area contributed by atoms with Gasteiger partial charge in [-0.25, -0.2) is 4.79 Å². The normalized spacial score (nSPS) is 9.74. The highest BCUT2D eigenvalue weighted by molar-refractivity contribution is 6.31. The van der Waals surface area contributed by atoms with Gasteiger partial charge >= 0.3 is 5.97 Å². The third-order valence-electron chi connectivity index (χ3n) is 2.96. The number of benzene rings is 2. The molecule has 0 saturated carbocycles. The van der Waals surface area contributed by atoms with E-state index < -0.39 is 11.9 Å². The van der Waals surface area contributed by atoms with Gasteiger partial charge in [-0.1, -0.05) is 29.8 Å². The van der Waals surface area contributed by atoms with Crippen LogP contribution >= 0.6 is 11.6 Å². The molecule has 0 aromatic heterocycles. The average molecular weight is 329 g/mol. The lowest BCUT2D eigenvalue weighted by molar-refractivity contribution is -0.115. The fourth-order valence-electron chi connectivity index (χ4n) is 1.81.